The summed E-state index contributed by atoms with van der Waals surface area (Å²) in [5.74, 6) is -0.204. The van der Waals surface area contributed by atoms with Crippen LogP contribution in [0.5, 0.6) is 0 Å². The molecule has 0 saturated carbocycles. The SMILES string of the molecule is CN(c1ccc(NC(=O)c2ccc(C(C)(C)C)cc2)cc1)S(C)(=O)=O. The average Bonchev–Trinajstić information content (AvgIpc) is 2.53. The minimum Gasteiger partial charge on any atom is -0.322 e. The van der Waals surface area contributed by atoms with E-state index in [1.807, 2.05) is 24.3 Å². The lowest BCUT2D eigenvalue weighted by Crippen LogP contribution is -2.24. The lowest BCUT2D eigenvalue weighted by molar-refractivity contribution is 0.102. The molecule has 6 heteroatoms. The molecule has 25 heavy (non-hydrogen) atoms. The van der Waals surface area contributed by atoms with Gasteiger partial charge < -0.3 is 5.32 Å². The van der Waals surface area contributed by atoms with Gasteiger partial charge in [0.25, 0.3) is 5.91 Å². The van der Waals surface area contributed by atoms with Crippen LogP contribution in [0.1, 0.15) is 36.7 Å². The maximum atomic E-state index is 12.3. The van der Waals surface area contributed by atoms with Crippen LogP contribution in [0.3, 0.4) is 0 Å². The molecule has 134 valence electrons. The van der Waals surface area contributed by atoms with Gasteiger partial charge in [0.15, 0.2) is 0 Å². The fourth-order valence-electron chi connectivity index (χ4n) is 2.27. The fraction of sp³-hybridized carbons (Fsp3) is 0.316. The van der Waals surface area contributed by atoms with E-state index in [0.29, 0.717) is 16.9 Å². The number of benzene rings is 2. The summed E-state index contributed by atoms with van der Waals surface area (Å²) in [6.07, 6.45) is 1.14. The number of nitrogens with zero attached hydrogens (tertiary/aromatic N) is 1. The van der Waals surface area contributed by atoms with Gasteiger partial charge in [0.1, 0.15) is 0 Å². The normalized spacial score (nSPS) is 11.9. The zero-order valence-electron chi connectivity index (χ0n) is 15.2. The van der Waals surface area contributed by atoms with E-state index in [-0.39, 0.29) is 11.3 Å². The standard InChI is InChI=1S/C19H24N2O3S/c1-19(2,3)15-8-6-14(7-9-15)18(22)20-16-10-12-17(13-11-16)21(4)25(5,23)24/h6-13H,1-5H3,(H,20,22). The lowest BCUT2D eigenvalue weighted by atomic mass is 9.87. The Morgan fingerprint density at radius 1 is 0.960 bits per heavy atom. The molecule has 0 bridgehead atoms. The first kappa shape index (κ1) is 19.0. The monoisotopic (exact) mass is 360 g/mol. The molecule has 5 nitrogen and oxygen atoms in total. The molecule has 2 aromatic carbocycles. The highest BCUT2D eigenvalue weighted by Crippen LogP contribution is 2.23. The molecule has 0 unspecified atom stereocenters. The van der Waals surface area contributed by atoms with Crippen molar-refractivity contribution in [3.05, 3.63) is 59.7 Å². The first-order chi connectivity index (χ1) is 11.5. The smallest absolute Gasteiger partial charge is 0.255 e. The highest BCUT2D eigenvalue weighted by molar-refractivity contribution is 7.92. The van der Waals surface area contributed by atoms with Crippen LogP contribution in [0.2, 0.25) is 0 Å². The van der Waals surface area contributed by atoms with Crippen LogP contribution in [-0.2, 0) is 15.4 Å². The summed E-state index contributed by atoms with van der Waals surface area (Å²) in [5, 5.41) is 2.81. The largest absolute Gasteiger partial charge is 0.322 e. The summed E-state index contributed by atoms with van der Waals surface area (Å²) in [4.78, 5) is 12.3. The van der Waals surface area contributed by atoms with Crippen molar-refractivity contribution < 1.29 is 13.2 Å². The van der Waals surface area contributed by atoms with Crippen molar-refractivity contribution in [3.8, 4) is 0 Å². The molecule has 0 atom stereocenters. The number of nitrogens with one attached hydrogen (secondary N) is 1. The average molecular weight is 360 g/mol. The van der Waals surface area contributed by atoms with Crippen LogP contribution >= 0.6 is 0 Å². The number of anilines is 2. The second kappa shape index (κ2) is 6.88. The second-order valence-electron chi connectivity index (χ2n) is 7.06. The van der Waals surface area contributed by atoms with Gasteiger partial charge in [-0.2, -0.15) is 0 Å². The summed E-state index contributed by atoms with van der Waals surface area (Å²) in [6, 6.07) is 14.2. The predicted molar refractivity (Wildman–Crippen MR) is 103 cm³/mol. The number of carbonyl (C=O) groups excluding carboxylic acids is 1. The molecule has 0 spiro atoms. The van der Waals surface area contributed by atoms with Crippen molar-refractivity contribution in [1.29, 1.82) is 0 Å². The van der Waals surface area contributed by atoms with Crippen molar-refractivity contribution >= 4 is 27.3 Å². The zero-order chi connectivity index (χ0) is 18.8. The minimum atomic E-state index is -3.31. The van der Waals surface area contributed by atoms with Crippen molar-refractivity contribution in [3.63, 3.8) is 0 Å². The van der Waals surface area contributed by atoms with Gasteiger partial charge in [-0.05, 0) is 47.4 Å². The molecular formula is C19H24N2O3S. The number of carbonyl (C=O) groups is 1. The highest BCUT2D eigenvalue weighted by Gasteiger charge is 2.15. The summed E-state index contributed by atoms with van der Waals surface area (Å²) in [6.45, 7) is 6.37. The van der Waals surface area contributed by atoms with Crippen molar-refractivity contribution in [2.75, 3.05) is 22.9 Å². The molecular weight excluding hydrogens is 336 g/mol. The van der Waals surface area contributed by atoms with Gasteiger partial charge in [0.2, 0.25) is 10.0 Å². The molecule has 2 aromatic rings. The summed E-state index contributed by atoms with van der Waals surface area (Å²) < 4.78 is 24.3. The van der Waals surface area contributed by atoms with E-state index in [0.717, 1.165) is 11.8 Å². The zero-order valence-corrected chi connectivity index (χ0v) is 16.0. The summed E-state index contributed by atoms with van der Waals surface area (Å²) in [5.41, 5.74) is 2.92. The molecule has 1 amide bonds. The van der Waals surface area contributed by atoms with Crippen LogP contribution in [0.25, 0.3) is 0 Å². The Hall–Kier alpha value is -2.34. The predicted octanol–water partition coefficient (Wildman–Crippen LogP) is 3.63. The Labute approximate surface area is 149 Å². The fourth-order valence-corrected chi connectivity index (χ4v) is 2.78. The molecule has 0 aliphatic rings. The molecule has 1 N–H and O–H groups in total. The van der Waals surface area contributed by atoms with E-state index < -0.39 is 10.0 Å². The Morgan fingerprint density at radius 3 is 1.92 bits per heavy atom. The Morgan fingerprint density at radius 2 is 1.48 bits per heavy atom. The number of hydrogen-bond donors (Lipinski definition) is 1. The van der Waals surface area contributed by atoms with Gasteiger partial charge in [-0.1, -0.05) is 32.9 Å². The van der Waals surface area contributed by atoms with Gasteiger partial charge in [0.05, 0.1) is 11.9 Å². The third kappa shape index (κ3) is 4.82. The summed E-state index contributed by atoms with van der Waals surface area (Å²) in [7, 11) is -1.82. The van der Waals surface area contributed by atoms with Crippen LogP contribution in [-0.4, -0.2) is 27.6 Å². The first-order valence-electron chi connectivity index (χ1n) is 7.94. The Balaban J connectivity index is 2.10. The van der Waals surface area contributed by atoms with Crippen LogP contribution < -0.4 is 9.62 Å². The lowest BCUT2D eigenvalue weighted by Gasteiger charge is -2.19. The van der Waals surface area contributed by atoms with Gasteiger partial charge in [0, 0.05) is 18.3 Å². The van der Waals surface area contributed by atoms with E-state index in [1.54, 1.807) is 24.3 Å². The van der Waals surface area contributed by atoms with Gasteiger partial charge in [-0.15, -0.1) is 0 Å². The number of hydrogen-bond acceptors (Lipinski definition) is 3. The molecule has 0 radical (unpaired) electrons. The van der Waals surface area contributed by atoms with Crippen LogP contribution in [0.4, 0.5) is 11.4 Å². The van der Waals surface area contributed by atoms with E-state index >= 15 is 0 Å². The maximum absolute atomic E-state index is 12.3. The minimum absolute atomic E-state index is 0.0382. The van der Waals surface area contributed by atoms with Gasteiger partial charge >= 0.3 is 0 Å². The molecule has 0 saturated heterocycles. The molecule has 0 aromatic heterocycles. The van der Waals surface area contributed by atoms with Crippen molar-refractivity contribution in [1.82, 2.24) is 0 Å². The van der Waals surface area contributed by atoms with Crippen LogP contribution in [0.15, 0.2) is 48.5 Å². The molecule has 0 aliphatic carbocycles. The molecule has 0 aliphatic heterocycles. The number of rotatable bonds is 4. The van der Waals surface area contributed by atoms with E-state index in [4.69, 9.17) is 0 Å². The third-order valence-electron chi connectivity index (χ3n) is 4.00. The van der Waals surface area contributed by atoms with E-state index in [2.05, 4.69) is 26.1 Å². The van der Waals surface area contributed by atoms with E-state index in [9.17, 15) is 13.2 Å². The van der Waals surface area contributed by atoms with E-state index in [1.165, 1.54) is 11.4 Å². The second-order valence-corrected chi connectivity index (χ2v) is 9.07. The van der Waals surface area contributed by atoms with Crippen molar-refractivity contribution in [2.24, 2.45) is 0 Å². The highest BCUT2D eigenvalue weighted by atomic mass is 32.2. The topological polar surface area (TPSA) is 66.5 Å². The van der Waals surface area contributed by atoms with Crippen LogP contribution in [0, 0.1) is 0 Å². The van der Waals surface area contributed by atoms with Gasteiger partial charge in [-0.25, -0.2) is 8.42 Å². The molecule has 0 fully saturated rings. The third-order valence-corrected chi connectivity index (χ3v) is 5.21. The Bertz CT molecular complexity index is 849. The van der Waals surface area contributed by atoms with Crippen molar-refractivity contribution in [2.45, 2.75) is 26.2 Å². The maximum Gasteiger partial charge on any atom is 0.255 e. The Kier molecular flexibility index (Phi) is 5.23. The first-order valence-corrected chi connectivity index (χ1v) is 9.79. The number of amides is 1. The summed E-state index contributed by atoms with van der Waals surface area (Å²) >= 11 is 0. The van der Waals surface area contributed by atoms with Gasteiger partial charge in [-0.3, -0.25) is 9.10 Å². The number of sulfonamides is 1. The quantitative estimate of drug-likeness (QED) is 0.905. The molecule has 0 heterocycles. The molecule has 2 rings (SSSR count).